The van der Waals surface area contributed by atoms with Crippen molar-refractivity contribution in [1.29, 1.82) is 0 Å². The number of nitrogens with one attached hydrogen (secondary N) is 1. The van der Waals surface area contributed by atoms with Gasteiger partial charge in [0.15, 0.2) is 5.65 Å². The van der Waals surface area contributed by atoms with E-state index in [1.54, 1.807) is 27.7 Å². The first-order chi connectivity index (χ1) is 13.8. The van der Waals surface area contributed by atoms with Gasteiger partial charge in [0.1, 0.15) is 12.8 Å². The first kappa shape index (κ1) is 21.0. The number of methoxy groups -OCH3 is 1. The van der Waals surface area contributed by atoms with E-state index in [1.165, 1.54) is 7.11 Å². The average molecular weight is 404 g/mol. The minimum absolute atomic E-state index is 0.163. The molecule has 2 atom stereocenters. The molecule has 1 amide bonds. The maximum atomic E-state index is 12.0. The van der Waals surface area contributed by atoms with Gasteiger partial charge in [-0.2, -0.15) is 9.97 Å². The molecule has 1 fully saturated rings. The van der Waals surface area contributed by atoms with Crippen LogP contribution in [0.3, 0.4) is 0 Å². The topological polar surface area (TPSA) is 105 Å². The van der Waals surface area contributed by atoms with Crippen molar-refractivity contribution in [1.82, 2.24) is 14.5 Å². The van der Waals surface area contributed by atoms with Crippen LogP contribution in [0.1, 0.15) is 46.8 Å². The fourth-order valence-electron chi connectivity index (χ4n) is 3.06. The Kier molecular flexibility index (Phi) is 6.36. The molecule has 2 aromatic heterocycles. The Morgan fingerprint density at radius 2 is 2.00 bits per heavy atom. The lowest BCUT2D eigenvalue weighted by Gasteiger charge is -2.17. The van der Waals surface area contributed by atoms with Crippen LogP contribution in [0.25, 0.3) is 11.0 Å². The van der Waals surface area contributed by atoms with E-state index in [0.29, 0.717) is 11.5 Å². The maximum absolute atomic E-state index is 12.0. The molecule has 9 heteroatoms. The Morgan fingerprint density at radius 1 is 1.24 bits per heavy atom. The van der Waals surface area contributed by atoms with Gasteiger partial charge in [-0.15, -0.1) is 0 Å². The molecule has 29 heavy (non-hydrogen) atoms. The first-order valence-corrected chi connectivity index (χ1v) is 9.85. The highest BCUT2D eigenvalue weighted by atomic mass is 16.6. The molecule has 1 saturated heterocycles. The van der Waals surface area contributed by atoms with E-state index in [1.807, 2.05) is 16.8 Å². The maximum Gasteiger partial charge on any atom is 0.308 e. The van der Waals surface area contributed by atoms with Crippen molar-refractivity contribution in [3.63, 3.8) is 0 Å². The predicted octanol–water partition coefficient (Wildman–Crippen LogP) is 2.91. The van der Waals surface area contributed by atoms with Gasteiger partial charge in [-0.3, -0.25) is 14.9 Å². The molecule has 158 valence electrons. The van der Waals surface area contributed by atoms with Gasteiger partial charge in [-0.05, 0) is 18.9 Å². The van der Waals surface area contributed by atoms with Crippen molar-refractivity contribution in [2.45, 2.75) is 52.9 Å². The molecule has 3 rings (SSSR count). The number of fused-ring (bicyclic) bond motifs is 1. The van der Waals surface area contributed by atoms with Crippen LogP contribution < -0.4 is 10.1 Å². The van der Waals surface area contributed by atoms with Crippen LogP contribution in [0.5, 0.6) is 5.88 Å². The standard InChI is InChI=1S/C20H28N4O5/c1-11(2)17(25)22-20-21-16-14(18(23-20)27-5)8-9-24(16)15-7-6-13(29-15)10-28-19(26)12(3)4/h8-9,11-13,15H,6-7,10H2,1-5H3,(H,21,22,23,25). The second-order valence-corrected chi connectivity index (χ2v) is 7.74. The molecule has 9 nitrogen and oxygen atoms in total. The van der Waals surface area contributed by atoms with E-state index in [0.717, 1.165) is 18.2 Å². The first-order valence-electron chi connectivity index (χ1n) is 9.85. The van der Waals surface area contributed by atoms with E-state index in [4.69, 9.17) is 14.2 Å². The van der Waals surface area contributed by atoms with Crippen LogP contribution in [-0.4, -0.2) is 46.2 Å². The molecule has 2 unspecified atom stereocenters. The summed E-state index contributed by atoms with van der Waals surface area (Å²) in [5, 5.41) is 3.45. The number of ether oxygens (including phenoxy) is 3. The van der Waals surface area contributed by atoms with Gasteiger partial charge in [-0.1, -0.05) is 27.7 Å². The smallest absolute Gasteiger partial charge is 0.308 e. The van der Waals surface area contributed by atoms with Gasteiger partial charge in [0.25, 0.3) is 0 Å². The molecule has 0 spiro atoms. The third-order valence-corrected chi connectivity index (χ3v) is 4.77. The van der Waals surface area contributed by atoms with E-state index < -0.39 is 0 Å². The normalized spacial score (nSPS) is 19.1. The Balaban J connectivity index is 1.79. The molecule has 3 heterocycles. The van der Waals surface area contributed by atoms with E-state index in [2.05, 4.69) is 15.3 Å². The van der Waals surface area contributed by atoms with Crippen LogP contribution in [0.2, 0.25) is 0 Å². The van der Waals surface area contributed by atoms with Crippen LogP contribution in [0.4, 0.5) is 5.95 Å². The van der Waals surface area contributed by atoms with Crippen LogP contribution >= 0.6 is 0 Å². The molecule has 0 bridgehead atoms. The van der Waals surface area contributed by atoms with Gasteiger partial charge in [0, 0.05) is 12.1 Å². The molecule has 1 aliphatic rings. The summed E-state index contributed by atoms with van der Waals surface area (Å²) in [5.74, 6) is -0.189. The molecular weight excluding hydrogens is 376 g/mol. The zero-order valence-electron chi connectivity index (χ0n) is 17.5. The van der Waals surface area contributed by atoms with Crippen molar-refractivity contribution in [2.75, 3.05) is 19.0 Å². The Bertz CT molecular complexity index is 892. The minimum atomic E-state index is -0.247. The number of anilines is 1. The fraction of sp³-hybridized carbons (Fsp3) is 0.600. The highest BCUT2D eigenvalue weighted by Gasteiger charge is 2.29. The summed E-state index contributed by atoms with van der Waals surface area (Å²) in [6, 6.07) is 1.86. The third-order valence-electron chi connectivity index (χ3n) is 4.77. The van der Waals surface area contributed by atoms with Gasteiger partial charge >= 0.3 is 5.97 Å². The molecule has 0 radical (unpaired) electrons. The summed E-state index contributed by atoms with van der Waals surface area (Å²) in [6.45, 7) is 7.43. The summed E-state index contributed by atoms with van der Waals surface area (Å²) in [5.41, 5.74) is 0.612. The Labute approximate surface area is 169 Å². The number of esters is 1. The number of hydrogen-bond donors (Lipinski definition) is 1. The molecule has 1 N–H and O–H groups in total. The van der Waals surface area contributed by atoms with Crippen molar-refractivity contribution in [2.24, 2.45) is 11.8 Å². The van der Waals surface area contributed by atoms with Gasteiger partial charge in [0.05, 0.1) is 24.5 Å². The second kappa shape index (κ2) is 8.77. The monoisotopic (exact) mass is 404 g/mol. The highest BCUT2D eigenvalue weighted by Crippen LogP contribution is 2.34. The summed E-state index contributed by atoms with van der Waals surface area (Å²) < 4.78 is 18.6. The fourth-order valence-corrected chi connectivity index (χ4v) is 3.06. The summed E-state index contributed by atoms with van der Waals surface area (Å²) >= 11 is 0. The van der Waals surface area contributed by atoms with Crippen molar-refractivity contribution in [3.05, 3.63) is 12.3 Å². The van der Waals surface area contributed by atoms with E-state index >= 15 is 0 Å². The summed E-state index contributed by atoms with van der Waals surface area (Å²) in [7, 11) is 1.53. The largest absolute Gasteiger partial charge is 0.480 e. The average Bonchev–Trinajstić information content (AvgIpc) is 3.31. The van der Waals surface area contributed by atoms with Crippen molar-refractivity contribution >= 4 is 28.9 Å². The Hall–Kier alpha value is -2.68. The second-order valence-electron chi connectivity index (χ2n) is 7.74. The lowest BCUT2D eigenvalue weighted by molar-refractivity contribution is -0.152. The SMILES string of the molecule is COc1nc(NC(=O)C(C)C)nc2c1ccn2C1CCC(COC(=O)C(C)C)O1. The summed E-state index contributed by atoms with van der Waals surface area (Å²) in [4.78, 5) is 32.5. The molecule has 0 aromatic carbocycles. The number of hydrogen-bond acceptors (Lipinski definition) is 7. The van der Waals surface area contributed by atoms with E-state index in [9.17, 15) is 9.59 Å². The summed E-state index contributed by atoms with van der Waals surface area (Å²) in [6.07, 6.45) is 2.98. The zero-order valence-corrected chi connectivity index (χ0v) is 17.5. The predicted molar refractivity (Wildman–Crippen MR) is 106 cm³/mol. The van der Waals surface area contributed by atoms with Crippen LogP contribution in [0.15, 0.2) is 12.3 Å². The quantitative estimate of drug-likeness (QED) is 0.708. The number of aromatic nitrogens is 3. The van der Waals surface area contributed by atoms with E-state index in [-0.39, 0.29) is 48.6 Å². The van der Waals surface area contributed by atoms with Gasteiger partial charge in [-0.25, -0.2) is 0 Å². The molecule has 0 saturated carbocycles. The highest BCUT2D eigenvalue weighted by molar-refractivity contribution is 5.92. The van der Waals surface area contributed by atoms with Gasteiger partial charge in [0.2, 0.25) is 17.7 Å². The van der Waals surface area contributed by atoms with Crippen LogP contribution in [-0.2, 0) is 19.1 Å². The number of carbonyl (C=O) groups excluding carboxylic acids is 2. The molecule has 2 aromatic rings. The van der Waals surface area contributed by atoms with Gasteiger partial charge < -0.3 is 18.8 Å². The minimum Gasteiger partial charge on any atom is -0.480 e. The molecule has 1 aliphatic heterocycles. The Morgan fingerprint density at radius 3 is 2.66 bits per heavy atom. The lowest BCUT2D eigenvalue weighted by atomic mass is 10.2. The number of nitrogens with zero attached hydrogens (tertiary/aromatic N) is 3. The third kappa shape index (κ3) is 4.67. The number of rotatable bonds is 7. The molecule has 0 aliphatic carbocycles. The number of carbonyl (C=O) groups is 2. The van der Waals surface area contributed by atoms with Crippen molar-refractivity contribution in [3.8, 4) is 5.88 Å². The van der Waals surface area contributed by atoms with Crippen molar-refractivity contribution < 1.29 is 23.8 Å². The zero-order chi connectivity index (χ0) is 21.1. The van der Waals surface area contributed by atoms with Crippen LogP contribution in [0, 0.1) is 11.8 Å². The molecular formula is C20H28N4O5. The number of amides is 1. The lowest BCUT2D eigenvalue weighted by Crippen LogP contribution is -2.22.